The number of anilines is 1. The minimum atomic E-state index is -0.349. The van der Waals surface area contributed by atoms with E-state index in [1.54, 1.807) is 0 Å². The van der Waals surface area contributed by atoms with Gasteiger partial charge in [0.15, 0.2) is 0 Å². The van der Waals surface area contributed by atoms with Crippen molar-refractivity contribution >= 4 is 34.8 Å². The van der Waals surface area contributed by atoms with Crippen LogP contribution in [0.1, 0.15) is 60.3 Å². The van der Waals surface area contributed by atoms with Crippen molar-refractivity contribution in [3.8, 4) is 0 Å². The average Bonchev–Trinajstić information content (AvgIpc) is 2.71. The maximum Gasteiger partial charge on any atom is 0.226 e. The zero-order valence-electron chi connectivity index (χ0n) is 19.8. The van der Waals surface area contributed by atoms with E-state index in [9.17, 15) is 4.79 Å². The van der Waals surface area contributed by atoms with Crippen LogP contribution >= 0.6 is 23.2 Å². The molecule has 2 fully saturated rings. The van der Waals surface area contributed by atoms with Crippen molar-refractivity contribution < 1.29 is 4.79 Å². The minimum Gasteiger partial charge on any atom is -0.368 e. The molecule has 1 saturated heterocycles. The Kier molecular flexibility index (Phi) is 7.87. The van der Waals surface area contributed by atoms with Gasteiger partial charge in [0.1, 0.15) is 0 Å². The molecule has 1 aromatic rings. The predicted molar refractivity (Wildman–Crippen MR) is 132 cm³/mol. The molecule has 0 aromatic heterocycles. The third-order valence-corrected chi connectivity index (χ3v) is 9.02. The summed E-state index contributed by atoms with van der Waals surface area (Å²) in [6.07, 6.45) is 4.45. The Bertz CT molecular complexity index is 766. The summed E-state index contributed by atoms with van der Waals surface area (Å²) in [5, 5.41) is 4.59. The number of piperazine rings is 1. The number of nitrogens with one attached hydrogen (secondary N) is 1. The van der Waals surface area contributed by atoms with Crippen LogP contribution in [0.2, 0.25) is 10.0 Å². The monoisotopic (exact) mass is 467 g/mol. The van der Waals surface area contributed by atoms with Crippen molar-refractivity contribution in [2.45, 2.75) is 66.3 Å². The van der Waals surface area contributed by atoms with E-state index in [0.717, 1.165) is 63.6 Å². The molecule has 2 aliphatic rings. The third-order valence-electron chi connectivity index (χ3n) is 8.21. The molecular formula is C25H39Cl2N3O. The lowest BCUT2D eigenvalue weighted by atomic mass is 9.65. The molecule has 0 unspecified atom stereocenters. The van der Waals surface area contributed by atoms with E-state index in [4.69, 9.17) is 23.2 Å². The number of nitrogens with zero attached hydrogens (tertiary/aromatic N) is 2. The van der Waals surface area contributed by atoms with E-state index in [2.05, 4.69) is 55.8 Å². The first-order valence-corrected chi connectivity index (χ1v) is 12.5. The highest BCUT2D eigenvalue weighted by Gasteiger charge is 2.43. The summed E-state index contributed by atoms with van der Waals surface area (Å²) >= 11 is 12.6. The van der Waals surface area contributed by atoms with Crippen LogP contribution in [0, 0.1) is 16.7 Å². The van der Waals surface area contributed by atoms with Crippen LogP contribution in [-0.4, -0.2) is 49.6 Å². The van der Waals surface area contributed by atoms with E-state index in [1.165, 1.54) is 6.42 Å². The van der Waals surface area contributed by atoms with Crippen LogP contribution in [0.4, 0.5) is 5.69 Å². The Morgan fingerprint density at radius 2 is 1.74 bits per heavy atom. The summed E-state index contributed by atoms with van der Waals surface area (Å²) in [5.74, 6) is 0.937. The zero-order chi connectivity index (χ0) is 22.8. The molecular weight excluding hydrogens is 429 g/mol. The van der Waals surface area contributed by atoms with E-state index < -0.39 is 0 Å². The van der Waals surface area contributed by atoms with Gasteiger partial charge in [0, 0.05) is 37.6 Å². The fraction of sp³-hybridized carbons (Fsp3) is 0.720. The molecule has 3 rings (SSSR count). The van der Waals surface area contributed by atoms with Crippen LogP contribution in [0.25, 0.3) is 0 Å². The largest absolute Gasteiger partial charge is 0.368 e. The molecule has 1 heterocycles. The second kappa shape index (κ2) is 9.89. The molecule has 1 N–H and O–H groups in total. The first-order chi connectivity index (χ1) is 14.5. The topological polar surface area (TPSA) is 35.6 Å². The third kappa shape index (κ3) is 5.51. The molecule has 6 heteroatoms. The summed E-state index contributed by atoms with van der Waals surface area (Å²) in [5.41, 5.74) is 0.691. The number of benzene rings is 1. The first kappa shape index (κ1) is 24.7. The second-order valence-corrected chi connectivity index (χ2v) is 11.3. The highest BCUT2D eigenvalue weighted by molar-refractivity contribution is 6.43. The highest BCUT2D eigenvalue weighted by atomic mass is 35.5. The van der Waals surface area contributed by atoms with Crippen molar-refractivity contribution in [1.82, 2.24) is 10.2 Å². The van der Waals surface area contributed by atoms with E-state index >= 15 is 0 Å². The molecule has 1 aliphatic heterocycles. The maximum atomic E-state index is 12.8. The zero-order valence-corrected chi connectivity index (χ0v) is 21.3. The molecule has 0 spiro atoms. The van der Waals surface area contributed by atoms with Crippen LogP contribution < -0.4 is 10.2 Å². The van der Waals surface area contributed by atoms with Crippen molar-refractivity contribution in [3.63, 3.8) is 0 Å². The Hall–Kier alpha value is -0.970. The maximum absolute atomic E-state index is 12.8. The SMILES string of the molecule is CCC(C)(C)C(C)(C)C(=O)NC1CC(CCN2CCN(c3cccc(Cl)c3Cl)CC2)C1. The van der Waals surface area contributed by atoms with E-state index in [1.807, 2.05) is 12.1 Å². The Morgan fingerprint density at radius 3 is 2.35 bits per heavy atom. The Morgan fingerprint density at radius 1 is 1.10 bits per heavy atom. The molecule has 0 bridgehead atoms. The summed E-state index contributed by atoms with van der Waals surface area (Å²) < 4.78 is 0. The van der Waals surface area contributed by atoms with Gasteiger partial charge in [-0.25, -0.2) is 0 Å². The van der Waals surface area contributed by atoms with Crippen LogP contribution in [-0.2, 0) is 4.79 Å². The van der Waals surface area contributed by atoms with Gasteiger partial charge in [-0.15, -0.1) is 0 Å². The molecule has 1 aliphatic carbocycles. The van der Waals surface area contributed by atoms with E-state index in [0.29, 0.717) is 16.1 Å². The van der Waals surface area contributed by atoms with Crippen molar-refractivity contribution in [3.05, 3.63) is 28.2 Å². The van der Waals surface area contributed by atoms with Gasteiger partial charge in [-0.1, -0.05) is 63.9 Å². The first-order valence-electron chi connectivity index (χ1n) is 11.8. The number of hydrogen-bond donors (Lipinski definition) is 1. The summed E-state index contributed by atoms with van der Waals surface area (Å²) in [7, 11) is 0. The number of halogens is 2. The minimum absolute atomic E-state index is 0.00229. The number of carbonyl (C=O) groups excluding carboxylic acids is 1. The van der Waals surface area contributed by atoms with Gasteiger partial charge in [-0.3, -0.25) is 9.69 Å². The van der Waals surface area contributed by atoms with Gasteiger partial charge in [-0.2, -0.15) is 0 Å². The standard InChI is InChI=1S/C25H39Cl2N3O/c1-6-24(2,3)25(4,5)23(31)28-19-16-18(17-19)10-11-29-12-14-30(15-13-29)21-9-7-8-20(26)22(21)27/h7-9,18-19H,6,10-17H2,1-5H3,(H,28,31). The van der Waals surface area contributed by atoms with Crippen LogP contribution in [0.15, 0.2) is 18.2 Å². The molecule has 1 amide bonds. The summed E-state index contributed by atoms with van der Waals surface area (Å²) in [4.78, 5) is 17.7. The Balaban J connectivity index is 1.36. The molecule has 4 nitrogen and oxygen atoms in total. The van der Waals surface area contributed by atoms with Gasteiger partial charge in [0.05, 0.1) is 15.7 Å². The molecule has 31 heavy (non-hydrogen) atoms. The van der Waals surface area contributed by atoms with Gasteiger partial charge < -0.3 is 10.2 Å². The highest BCUT2D eigenvalue weighted by Crippen LogP contribution is 2.42. The van der Waals surface area contributed by atoms with E-state index in [-0.39, 0.29) is 16.7 Å². The quantitative estimate of drug-likeness (QED) is 0.519. The van der Waals surface area contributed by atoms with Crippen molar-refractivity contribution in [1.29, 1.82) is 0 Å². The number of carbonyl (C=O) groups is 1. The molecule has 174 valence electrons. The average molecular weight is 469 g/mol. The van der Waals surface area contributed by atoms with Gasteiger partial charge in [0.2, 0.25) is 5.91 Å². The van der Waals surface area contributed by atoms with Crippen LogP contribution in [0.3, 0.4) is 0 Å². The second-order valence-electron chi connectivity index (χ2n) is 10.6. The number of rotatable bonds is 8. The van der Waals surface area contributed by atoms with Gasteiger partial charge in [-0.05, 0) is 55.7 Å². The lowest BCUT2D eigenvalue weighted by molar-refractivity contribution is -0.137. The van der Waals surface area contributed by atoms with Crippen molar-refractivity contribution in [2.24, 2.45) is 16.7 Å². The summed E-state index contributed by atoms with van der Waals surface area (Å²) in [6, 6.07) is 6.21. The lowest BCUT2D eigenvalue weighted by Crippen LogP contribution is -2.53. The van der Waals surface area contributed by atoms with Gasteiger partial charge >= 0.3 is 0 Å². The molecule has 1 saturated carbocycles. The lowest BCUT2D eigenvalue weighted by Gasteiger charge is -2.44. The summed E-state index contributed by atoms with van der Waals surface area (Å²) in [6.45, 7) is 15.9. The molecule has 1 aromatic carbocycles. The normalized spacial score (nSPS) is 22.9. The number of amides is 1. The van der Waals surface area contributed by atoms with Crippen LogP contribution in [0.5, 0.6) is 0 Å². The van der Waals surface area contributed by atoms with Gasteiger partial charge in [0.25, 0.3) is 0 Å². The predicted octanol–water partition coefficient (Wildman–Crippen LogP) is 5.86. The molecule has 0 atom stereocenters. The molecule has 0 radical (unpaired) electrons. The van der Waals surface area contributed by atoms with Crippen molar-refractivity contribution in [2.75, 3.05) is 37.6 Å². The fourth-order valence-electron chi connectivity index (χ4n) is 4.52. The Labute approximate surface area is 198 Å². The number of hydrogen-bond acceptors (Lipinski definition) is 3. The smallest absolute Gasteiger partial charge is 0.226 e. The fourth-order valence-corrected chi connectivity index (χ4v) is 4.93.